The Morgan fingerprint density at radius 1 is 0.906 bits per heavy atom. The molecule has 32 heavy (non-hydrogen) atoms. The summed E-state index contributed by atoms with van der Waals surface area (Å²) in [5.41, 5.74) is 1.02. The minimum absolute atomic E-state index is 0.0772. The summed E-state index contributed by atoms with van der Waals surface area (Å²) in [6.07, 6.45) is 1.43. The Morgan fingerprint density at radius 3 is 2.25 bits per heavy atom. The Labute approximate surface area is 186 Å². The van der Waals surface area contributed by atoms with Crippen LogP contribution < -0.4 is 14.9 Å². The number of sulfone groups is 1. The second-order valence-electron chi connectivity index (χ2n) is 7.23. The van der Waals surface area contributed by atoms with Crippen LogP contribution in [0.15, 0.2) is 93.6 Å². The van der Waals surface area contributed by atoms with Crippen molar-refractivity contribution in [1.29, 1.82) is 0 Å². The number of aromatic nitrogens is 1. The Morgan fingerprint density at radius 2 is 1.59 bits per heavy atom. The number of fused-ring (bicyclic) bond motifs is 1. The molecule has 0 N–H and O–H groups in total. The van der Waals surface area contributed by atoms with Crippen molar-refractivity contribution < 1.29 is 17.9 Å². The number of methoxy groups -OCH3 is 1. The molecule has 0 unspecified atom stereocenters. The maximum atomic E-state index is 13.3. The molecule has 0 spiro atoms. The molecule has 3 aromatic carbocycles. The van der Waals surface area contributed by atoms with Gasteiger partial charge in [-0.05, 0) is 55.0 Å². The van der Waals surface area contributed by atoms with Gasteiger partial charge in [0.15, 0.2) is 0 Å². The third kappa shape index (κ3) is 4.11. The Kier molecular flexibility index (Phi) is 6.01. The highest BCUT2D eigenvalue weighted by Crippen LogP contribution is 2.25. The smallest absolute Gasteiger partial charge is 0.211 e. The van der Waals surface area contributed by atoms with Gasteiger partial charge < -0.3 is 14.0 Å². The standard InChI is InChI=1S/C25H23NO5S/c1-3-31-20-13-14-23-22(15-20)25(27)24(32(28,29)21-7-5-4-6-8-21)17-26(23)16-18-9-11-19(30-2)12-10-18/h4-15,17H,3,16H2,1-2H3. The highest BCUT2D eigenvalue weighted by atomic mass is 32.2. The van der Waals surface area contributed by atoms with Crippen molar-refractivity contribution in [2.45, 2.75) is 23.3 Å². The molecule has 0 bridgehead atoms. The van der Waals surface area contributed by atoms with Gasteiger partial charge in [0, 0.05) is 12.7 Å². The second kappa shape index (κ2) is 8.88. The third-order valence-corrected chi connectivity index (χ3v) is 6.95. The first-order chi connectivity index (χ1) is 15.4. The second-order valence-corrected chi connectivity index (χ2v) is 9.15. The summed E-state index contributed by atoms with van der Waals surface area (Å²) in [7, 11) is -2.41. The van der Waals surface area contributed by atoms with Gasteiger partial charge in [-0.2, -0.15) is 0 Å². The molecule has 0 fully saturated rings. The van der Waals surface area contributed by atoms with Crippen molar-refractivity contribution in [2.75, 3.05) is 13.7 Å². The Hall–Kier alpha value is -3.58. The summed E-state index contributed by atoms with van der Waals surface area (Å²) >= 11 is 0. The average Bonchev–Trinajstić information content (AvgIpc) is 2.82. The molecular formula is C25H23NO5S. The third-order valence-electron chi connectivity index (χ3n) is 5.18. The Bertz CT molecular complexity index is 1410. The van der Waals surface area contributed by atoms with E-state index in [2.05, 4.69) is 0 Å². The lowest BCUT2D eigenvalue weighted by Gasteiger charge is -2.15. The molecule has 0 aliphatic rings. The predicted octanol–water partition coefficient (Wildman–Crippen LogP) is 4.29. The van der Waals surface area contributed by atoms with Gasteiger partial charge in [-0.15, -0.1) is 0 Å². The van der Waals surface area contributed by atoms with Gasteiger partial charge in [-0.3, -0.25) is 4.79 Å². The van der Waals surface area contributed by atoms with Gasteiger partial charge in [0.2, 0.25) is 15.3 Å². The number of pyridine rings is 1. The van der Waals surface area contributed by atoms with Gasteiger partial charge in [-0.1, -0.05) is 30.3 Å². The minimum Gasteiger partial charge on any atom is -0.497 e. The molecule has 6 nitrogen and oxygen atoms in total. The highest BCUT2D eigenvalue weighted by Gasteiger charge is 2.24. The summed E-state index contributed by atoms with van der Waals surface area (Å²) in [5.74, 6) is 1.24. The number of benzene rings is 3. The number of rotatable bonds is 7. The van der Waals surface area contributed by atoms with E-state index in [9.17, 15) is 13.2 Å². The van der Waals surface area contributed by atoms with Crippen molar-refractivity contribution in [2.24, 2.45) is 0 Å². The summed E-state index contributed by atoms with van der Waals surface area (Å²) in [6.45, 7) is 2.67. The fourth-order valence-corrected chi connectivity index (χ4v) is 4.97. The molecule has 0 aliphatic heterocycles. The molecule has 0 radical (unpaired) electrons. The van der Waals surface area contributed by atoms with Crippen LogP contribution in [0.3, 0.4) is 0 Å². The van der Waals surface area contributed by atoms with E-state index >= 15 is 0 Å². The van der Waals surface area contributed by atoms with Gasteiger partial charge in [0.1, 0.15) is 16.4 Å². The molecule has 0 aliphatic carbocycles. The fourth-order valence-electron chi connectivity index (χ4n) is 3.58. The van der Waals surface area contributed by atoms with E-state index in [1.54, 1.807) is 48.1 Å². The van der Waals surface area contributed by atoms with Crippen LogP contribution in [-0.4, -0.2) is 26.7 Å². The van der Waals surface area contributed by atoms with Gasteiger partial charge in [-0.25, -0.2) is 8.42 Å². The first-order valence-electron chi connectivity index (χ1n) is 10.2. The van der Waals surface area contributed by atoms with E-state index in [0.29, 0.717) is 29.8 Å². The predicted molar refractivity (Wildman–Crippen MR) is 123 cm³/mol. The van der Waals surface area contributed by atoms with Gasteiger partial charge in [0.25, 0.3) is 0 Å². The first kappa shape index (κ1) is 21.6. The number of nitrogens with zero attached hydrogens (tertiary/aromatic N) is 1. The van der Waals surface area contributed by atoms with E-state index in [0.717, 1.165) is 11.3 Å². The SMILES string of the molecule is CCOc1ccc2c(c1)c(=O)c(S(=O)(=O)c1ccccc1)cn2Cc1ccc(OC)cc1. The topological polar surface area (TPSA) is 74.6 Å². The molecular weight excluding hydrogens is 426 g/mol. The first-order valence-corrected chi connectivity index (χ1v) is 11.7. The largest absolute Gasteiger partial charge is 0.497 e. The maximum Gasteiger partial charge on any atom is 0.211 e. The molecule has 0 atom stereocenters. The molecule has 164 valence electrons. The quantitative estimate of drug-likeness (QED) is 0.421. The molecule has 4 aromatic rings. The molecule has 7 heteroatoms. The molecule has 0 amide bonds. The van der Waals surface area contributed by atoms with Crippen LogP contribution >= 0.6 is 0 Å². The van der Waals surface area contributed by atoms with E-state index in [-0.39, 0.29) is 9.79 Å². The van der Waals surface area contributed by atoms with E-state index in [4.69, 9.17) is 9.47 Å². The van der Waals surface area contributed by atoms with E-state index < -0.39 is 15.3 Å². The number of hydrogen-bond acceptors (Lipinski definition) is 5. The van der Waals surface area contributed by atoms with Crippen molar-refractivity contribution in [1.82, 2.24) is 4.57 Å². The van der Waals surface area contributed by atoms with Crippen LogP contribution in [0.2, 0.25) is 0 Å². The molecule has 1 aromatic heterocycles. The zero-order valence-corrected chi connectivity index (χ0v) is 18.6. The van der Waals surface area contributed by atoms with Crippen LogP contribution in [0.4, 0.5) is 0 Å². The van der Waals surface area contributed by atoms with Crippen molar-refractivity contribution in [3.63, 3.8) is 0 Å². The molecule has 0 saturated carbocycles. The number of ether oxygens (including phenoxy) is 2. The van der Waals surface area contributed by atoms with Gasteiger partial charge >= 0.3 is 0 Å². The zero-order valence-electron chi connectivity index (χ0n) is 17.8. The summed E-state index contributed by atoms with van der Waals surface area (Å²) in [6, 6.07) is 20.6. The highest BCUT2D eigenvalue weighted by molar-refractivity contribution is 7.91. The lowest BCUT2D eigenvalue weighted by molar-refractivity contribution is 0.340. The zero-order chi connectivity index (χ0) is 22.7. The molecule has 1 heterocycles. The maximum absolute atomic E-state index is 13.3. The molecule has 0 saturated heterocycles. The van der Waals surface area contributed by atoms with Crippen LogP contribution in [0.1, 0.15) is 12.5 Å². The lowest BCUT2D eigenvalue weighted by Crippen LogP contribution is -2.19. The fraction of sp³-hybridized carbons (Fsp3) is 0.160. The van der Waals surface area contributed by atoms with Crippen molar-refractivity contribution in [3.8, 4) is 11.5 Å². The molecule has 4 rings (SSSR count). The average molecular weight is 450 g/mol. The van der Waals surface area contributed by atoms with Crippen LogP contribution in [-0.2, 0) is 16.4 Å². The van der Waals surface area contributed by atoms with E-state index in [1.807, 2.05) is 31.2 Å². The van der Waals surface area contributed by atoms with E-state index in [1.165, 1.54) is 18.3 Å². The summed E-state index contributed by atoms with van der Waals surface area (Å²) < 4.78 is 39.2. The normalized spacial score (nSPS) is 11.4. The number of hydrogen-bond donors (Lipinski definition) is 0. The van der Waals surface area contributed by atoms with Gasteiger partial charge in [0.05, 0.1) is 29.5 Å². The lowest BCUT2D eigenvalue weighted by atomic mass is 10.1. The van der Waals surface area contributed by atoms with Crippen molar-refractivity contribution in [3.05, 3.63) is 94.8 Å². The Balaban J connectivity index is 1.93. The minimum atomic E-state index is -4.01. The monoisotopic (exact) mass is 449 g/mol. The van der Waals surface area contributed by atoms with Crippen molar-refractivity contribution >= 4 is 20.7 Å². The summed E-state index contributed by atoms with van der Waals surface area (Å²) in [5, 5.41) is 0.293. The van der Waals surface area contributed by atoms with Crippen LogP contribution in [0.25, 0.3) is 10.9 Å². The van der Waals surface area contributed by atoms with Crippen LogP contribution in [0.5, 0.6) is 11.5 Å². The summed E-state index contributed by atoms with van der Waals surface area (Å²) in [4.78, 5) is 13.1. The van der Waals surface area contributed by atoms with Crippen LogP contribution in [0, 0.1) is 0 Å².